The van der Waals surface area contributed by atoms with Crippen molar-refractivity contribution in [2.24, 2.45) is 0 Å². The van der Waals surface area contributed by atoms with Crippen LogP contribution in [0.3, 0.4) is 0 Å². The molecule has 0 saturated heterocycles. The van der Waals surface area contributed by atoms with Gasteiger partial charge in [0.15, 0.2) is 0 Å². The maximum atomic E-state index is 2.56. The van der Waals surface area contributed by atoms with E-state index in [0.29, 0.717) is 0 Å². The number of para-hydroxylation sites is 5. The van der Waals surface area contributed by atoms with Crippen LogP contribution in [0.5, 0.6) is 0 Å². The maximum Gasteiger partial charge on any atom is 0.252 e. The Morgan fingerprint density at radius 3 is 1.60 bits per heavy atom. The van der Waals surface area contributed by atoms with Gasteiger partial charge in [0.2, 0.25) is 0 Å². The van der Waals surface area contributed by atoms with Gasteiger partial charge in [0.25, 0.3) is 6.71 Å². The van der Waals surface area contributed by atoms with Crippen molar-refractivity contribution in [3.05, 3.63) is 157 Å². The first-order chi connectivity index (χ1) is 23.3. The molecule has 0 unspecified atom stereocenters. The highest BCUT2D eigenvalue weighted by atomic mass is 15.2. The third-order valence-electron chi connectivity index (χ3n) is 10.5. The lowest BCUT2D eigenvalue weighted by Gasteiger charge is -2.45. The molecule has 0 amide bonds. The van der Waals surface area contributed by atoms with Crippen LogP contribution >= 0.6 is 0 Å². The van der Waals surface area contributed by atoms with Gasteiger partial charge in [-0.25, -0.2) is 0 Å². The molecule has 0 saturated carbocycles. The first-order valence-electron chi connectivity index (χ1n) is 16.4. The fraction of sp³-hybridized carbons (Fsp3) is 0.0233. The first kappa shape index (κ1) is 25.2. The van der Waals surface area contributed by atoms with Crippen LogP contribution in [-0.2, 0) is 0 Å². The van der Waals surface area contributed by atoms with Crippen molar-refractivity contribution < 1.29 is 0 Å². The molecule has 0 aliphatic carbocycles. The van der Waals surface area contributed by atoms with Gasteiger partial charge in [-0.15, -0.1) is 0 Å². The number of hydrogen-bond donors (Lipinski definition) is 0. The molecule has 2 aromatic heterocycles. The van der Waals surface area contributed by atoms with Crippen molar-refractivity contribution in [1.82, 2.24) is 4.40 Å². The molecule has 2 aliphatic heterocycles. The SMILES string of the molecule is Cc1ccc2c(c1)B1c3ccccc3N(c3ccccc3)c3c1c(c1c4ccccc4n4c5ccccc5c3c14)N2c1ccccc1. The van der Waals surface area contributed by atoms with Gasteiger partial charge in [-0.3, -0.25) is 0 Å². The van der Waals surface area contributed by atoms with Crippen molar-refractivity contribution in [1.29, 1.82) is 0 Å². The second-order valence-electron chi connectivity index (χ2n) is 13.0. The van der Waals surface area contributed by atoms with E-state index < -0.39 is 0 Å². The fourth-order valence-corrected chi connectivity index (χ4v) is 8.79. The second-order valence-corrected chi connectivity index (χ2v) is 13.0. The molecule has 47 heavy (non-hydrogen) atoms. The predicted octanol–water partition coefficient (Wildman–Crippen LogP) is 9.23. The zero-order valence-electron chi connectivity index (χ0n) is 25.9. The third kappa shape index (κ3) is 3.12. The highest BCUT2D eigenvalue weighted by Crippen LogP contribution is 2.54. The monoisotopic (exact) mass is 597 g/mol. The Hall–Kier alpha value is -6.00. The van der Waals surface area contributed by atoms with Crippen LogP contribution in [0.25, 0.3) is 38.1 Å². The molecule has 0 N–H and O–H groups in total. The highest BCUT2D eigenvalue weighted by molar-refractivity contribution is 7.01. The Morgan fingerprint density at radius 1 is 0.468 bits per heavy atom. The average Bonchev–Trinajstić information content (AvgIpc) is 3.65. The molecule has 0 radical (unpaired) electrons. The Bertz CT molecular complexity index is 2630. The molecular formula is C43H28BN3. The minimum Gasteiger partial charge on any atom is -0.311 e. The van der Waals surface area contributed by atoms with E-state index in [1.54, 1.807) is 0 Å². The number of anilines is 6. The summed E-state index contributed by atoms with van der Waals surface area (Å²) in [5.74, 6) is 0. The summed E-state index contributed by atoms with van der Waals surface area (Å²) in [7, 11) is 0. The lowest BCUT2D eigenvalue weighted by molar-refractivity contribution is 1.27. The summed E-state index contributed by atoms with van der Waals surface area (Å²) in [5.41, 5.74) is 16.5. The Morgan fingerprint density at radius 2 is 0.979 bits per heavy atom. The van der Waals surface area contributed by atoms with Crippen LogP contribution in [-0.4, -0.2) is 11.1 Å². The highest BCUT2D eigenvalue weighted by Gasteiger charge is 2.46. The van der Waals surface area contributed by atoms with Gasteiger partial charge in [0.1, 0.15) is 0 Å². The predicted molar refractivity (Wildman–Crippen MR) is 200 cm³/mol. The van der Waals surface area contributed by atoms with Gasteiger partial charge in [0, 0.05) is 44.3 Å². The lowest BCUT2D eigenvalue weighted by Crippen LogP contribution is -2.61. The molecule has 0 fully saturated rings. The molecule has 2 aliphatic rings. The maximum absolute atomic E-state index is 2.56. The van der Waals surface area contributed by atoms with Crippen molar-refractivity contribution in [2.45, 2.75) is 6.92 Å². The van der Waals surface area contributed by atoms with Gasteiger partial charge in [-0.1, -0.05) is 109 Å². The molecule has 218 valence electrons. The third-order valence-corrected chi connectivity index (χ3v) is 10.5. The number of hydrogen-bond acceptors (Lipinski definition) is 2. The largest absolute Gasteiger partial charge is 0.311 e. The first-order valence-corrected chi connectivity index (χ1v) is 16.4. The van der Waals surface area contributed by atoms with E-state index in [4.69, 9.17) is 0 Å². The summed E-state index contributed by atoms with van der Waals surface area (Å²) < 4.78 is 2.53. The smallest absolute Gasteiger partial charge is 0.252 e. The zero-order chi connectivity index (χ0) is 30.8. The van der Waals surface area contributed by atoms with E-state index in [0.717, 1.165) is 0 Å². The van der Waals surface area contributed by atoms with E-state index in [1.165, 1.54) is 94.2 Å². The number of aromatic nitrogens is 1. The van der Waals surface area contributed by atoms with Gasteiger partial charge >= 0.3 is 0 Å². The Labute approximate surface area is 272 Å². The zero-order valence-corrected chi connectivity index (χ0v) is 25.9. The topological polar surface area (TPSA) is 10.9 Å². The average molecular weight is 598 g/mol. The van der Waals surface area contributed by atoms with Crippen molar-refractivity contribution >= 4 is 95.3 Å². The fourth-order valence-electron chi connectivity index (χ4n) is 8.79. The molecule has 4 heterocycles. The van der Waals surface area contributed by atoms with Crippen LogP contribution in [0.4, 0.5) is 34.1 Å². The summed E-state index contributed by atoms with van der Waals surface area (Å²) in [4.78, 5) is 5.10. The minimum absolute atomic E-state index is 0.0709. The van der Waals surface area contributed by atoms with Gasteiger partial charge < -0.3 is 14.2 Å². The standard InChI is InChI=1S/C43H28BN3/c1-27-24-25-37-33(26-27)44-32-20-10-13-23-36(32)45(28-14-4-2-5-15-28)42-38-30-18-8-11-21-34(30)47-35-22-12-9-19-31(35)39(41(38)47)43(40(42)44)46(37)29-16-6-3-7-17-29/h2-26H,1H3. The van der Waals surface area contributed by atoms with Crippen LogP contribution < -0.4 is 26.2 Å². The lowest BCUT2D eigenvalue weighted by atomic mass is 9.33. The van der Waals surface area contributed by atoms with E-state index in [-0.39, 0.29) is 6.71 Å². The minimum atomic E-state index is 0.0709. The number of benzene rings is 7. The van der Waals surface area contributed by atoms with E-state index >= 15 is 0 Å². The summed E-state index contributed by atoms with van der Waals surface area (Å²) in [6, 6.07) is 56.0. The van der Waals surface area contributed by atoms with Crippen molar-refractivity contribution in [3.8, 4) is 0 Å². The normalized spacial score (nSPS) is 13.5. The van der Waals surface area contributed by atoms with Gasteiger partial charge in [-0.2, -0.15) is 0 Å². The number of nitrogens with zero attached hydrogens (tertiary/aromatic N) is 3. The van der Waals surface area contributed by atoms with E-state index in [1.807, 2.05) is 0 Å². The van der Waals surface area contributed by atoms with Crippen LogP contribution in [0, 0.1) is 6.92 Å². The molecule has 11 rings (SSSR count). The number of rotatable bonds is 2. The van der Waals surface area contributed by atoms with Gasteiger partial charge in [0.05, 0.1) is 27.9 Å². The van der Waals surface area contributed by atoms with Crippen LogP contribution in [0.2, 0.25) is 0 Å². The van der Waals surface area contributed by atoms with Crippen molar-refractivity contribution in [3.63, 3.8) is 0 Å². The molecular weight excluding hydrogens is 569 g/mol. The van der Waals surface area contributed by atoms with Crippen LogP contribution in [0.1, 0.15) is 5.56 Å². The molecule has 0 atom stereocenters. The van der Waals surface area contributed by atoms with E-state index in [9.17, 15) is 0 Å². The molecule has 3 nitrogen and oxygen atoms in total. The summed E-state index contributed by atoms with van der Waals surface area (Å²) in [6.07, 6.45) is 0. The summed E-state index contributed by atoms with van der Waals surface area (Å²) >= 11 is 0. The van der Waals surface area contributed by atoms with Crippen molar-refractivity contribution in [2.75, 3.05) is 9.80 Å². The quantitative estimate of drug-likeness (QED) is 0.184. The molecule has 0 spiro atoms. The second kappa shape index (κ2) is 9.05. The summed E-state index contributed by atoms with van der Waals surface area (Å²) in [5, 5.41) is 5.21. The molecule has 4 heteroatoms. The molecule has 9 aromatic rings. The Kier molecular flexibility index (Phi) is 4.86. The van der Waals surface area contributed by atoms with Gasteiger partial charge in [-0.05, 0) is 71.8 Å². The number of fused-ring (bicyclic) bond motifs is 12. The number of aryl methyl sites for hydroxylation is 1. The molecule has 0 bridgehead atoms. The summed E-state index contributed by atoms with van der Waals surface area (Å²) in [6.45, 7) is 2.29. The molecule has 7 aromatic carbocycles. The van der Waals surface area contributed by atoms with Crippen LogP contribution in [0.15, 0.2) is 152 Å². The Balaban J connectivity index is 1.46. The van der Waals surface area contributed by atoms with E-state index in [2.05, 4.69) is 173 Å².